The largest absolute Gasteiger partial charge is 0.588 e. The molecule has 0 rings (SSSR count). The minimum absolute atomic E-state index is 0. The molecule has 1 radical (unpaired) electrons. The summed E-state index contributed by atoms with van der Waals surface area (Å²) in [6.07, 6.45) is 1.59. The van der Waals surface area contributed by atoms with Gasteiger partial charge in [0.1, 0.15) is 0 Å². The van der Waals surface area contributed by atoms with Crippen molar-refractivity contribution in [3.63, 3.8) is 0 Å². The third-order valence-electron chi connectivity index (χ3n) is 1.19. The smallest absolute Gasteiger partial charge is 0.00901 e. The fraction of sp³-hybridized carbons (Fsp3) is 0.625. The van der Waals surface area contributed by atoms with Crippen molar-refractivity contribution < 1.29 is 54.5 Å². The van der Waals surface area contributed by atoms with Crippen LogP contribution in [0.25, 0.3) is 0 Å². The first-order valence-corrected chi connectivity index (χ1v) is 3.65. The third-order valence-corrected chi connectivity index (χ3v) is 1.19. The molecule has 0 amide bonds. The van der Waals surface area contributed by atoms with Gasteiger partial charge in [-0.05, 0) is 12.8 Å². The molecule has 0 saturated carbocycles. The van der Waals surface area contributed by atoms with E-state index in [1.807, 2.05) is 6.92 Å². The number of ketones is 1. The summed E-state index contributed by atoms with van der Waals surface area (Å²) in [5.74, 6) is 0.142. The molecule has 0 atom stereocenters. The van der Waals surface area contributed by atoms with Gasteiger partial charge in [0, 0.05) is 55.5 Å². The van der Waals surface area contributed by atoms with Gasteiger partial charge in [0.15, 0.2) is 0 Å². The minimum atomic E-state index is 0. The van der Waals surface area contributed by atoms with E-state index >= 15 is 0 Å². The topological polar surface area (TPSA) is 20.3 Å². The second-order valence-corrected chi connectivity index (χ2v) is 2.26. The van der Waals surface area contributed by atoms with Crippen molar-refractivity contribution >= 4 is 5.78 Å². The van der Waals surface area contributed by atoms with Crippen LogP contribution >= 0.6 is 0 Å². The van der Waals surface area contributed by atoms with Crippen LogP contribution in [0.4, 0.5) is 0 Å². The first kappa shape index (κ1) is 18.8. The zero-order valence-electron chi connectivity index (χ0n) is 7.71. The maximum Gasteiger partial charge on any atom is 0.00901 e. The van der Waals surface area contributed by atoms with Crippen molar-refractivity contribution in [2.45, 2.75) is 26.7 Å². The van der Waals surface area contributed by atoms with Crippen LogP contribution in [0.2, 0.25) is 0 Å². The average Bonchev–Trinajstić information content (AvgIpc) is 1.88. The molecular weight excluding hydrogens is 415 g/mol. The maximum atomic E-state index is 10.8. The number of rotatable bonds is 5. The molecule has 0 aliphatic heterocycles. The van der Waals surface area contributed by atoms with Crippen LogP contribution in [-0.4, -0.2) is 17.2 Å². The monoisotopic (exact) mass is 430 g/mol. The molecule has 12 heavy (non-hydrogen) atoms. The van der Waals surface area contributed by atoms with E-state index in [-0.39, 0.29) is 55.5 Å². The van der Waals surface area contributed by atoms with Gasteiger partial charge in [0.05, 0.1) is 0 Å². The summed E-state index contributed by atoms with van der Waals surface area (Å²) in [5.41, 5.74) is 0. The number of Topliss-reactive ketones (excluding diaryl/α,β-unsaturated/α-hetero) is 1. The van der Waals surface area contributed by atoms with Gasteiger partial charge < -0.3 is 16.7 Å². The van der Waals surface area contributed by atoms with Crippen molar-refractivity contribution in [2.24, 2.45) is 0 Å². The van der Waals surface area contributed by atoms with Crippen LogP contribution in [0.3, 0.4) is 0 Å². The summed E-state index contributed by atoms with van der Waals surface area (Å²) in [6, 6.07) is 0. The van der Waals surface area contributed by atoms with E-state index in [0.29, 0.717) is 6.42 Å². The molecule has 0 bridgehead atoms. The Labute approximate surface area is 111 Å². The molecule has 0 aromatic carbocycles. The van der Waals surface area contributed by atoms with Crippen molar-refractivity contribution in [3.8, 4) is 0 Å². The molecule has 2 nitrogen and oxygen atoms in total. The van der Waals surface area contributed by atoms with Gasteiger partial charge in [0.2, 0.25) is 0 Å². The molecule has 0 aromatic rings. The Bertz CT molecular complexity index is 111. The summed E-state index contributed by atoms with van der Waals surface area (Å²) in [4.78, 5) is 12.4. The van der Waals surface area contributed by atoms with Crippen molar-refractivity contribution in [1.82, 2.24) is 4.90 Å². The van der Waals surface area contributed by atoms with Crippen LogP contribution in [0.1, 0.15) is 26.7 Å². The number of nitrogens with zero attached hydrogens (tertiary/aromatic N) is 1. The SMILES string of the molecule is [CH2-]N([CH-]C(=O)CC)CCC.[U].[V]. The molecule has 0 saturated heterocycles. The second kappa shape index (κ2) is 12.1. The van der Waals surface area contributed by atoms with Crippen LogP contribution in [0.15, 0.2) is 0 Å². The number of hydrogen-bond acceptors (Lipinski definition) is 2. The van der Waals surface area contributed by atoms with E-state index in [0.717, 1.165) is 13.0 Å². The quantitative estimate of drug-likeness (QED) is 0.619. The fourth-order valence-electron chi connectivity index (χ4n) is 0.647. The summed E-state index contributed by atoms with van der Waals surface area (Å²) in [5, 5.41) is 0. The third kappa shape index (κ3) is 11.1. The van der Waals surface area contributed by atoms with Crippen molar-refractivity contribution in [3.05, 3.63) is 13.6 Å². The molecule has 0 aromatic heterocycles. The normalized spacial score (nSPS) is 8.33. The summed E-state index contributed by atoms with van der Waals surface area (Å²) >= 11 is 0. The van der Waals surface area contributed by atoms with E-state index in [9.17, 15) is 4.79 Å². The molecule has 0 spiro atoms. The van der Waals surface area contributed by atoms with Gasteiger partial charge >= 0.3 is 0 Å². The van der Waals surface area contributed by atoms with E-state index in [1.54, 1.807) is 11.4 Å². The van der Waals surface area contributed by atoms with Gasteiger partial charge in [-0.2, -0.15) is 0 Å². The average molecular weight is 430 g/mol. The van der Waals surface area contributed by atoms with Gasteiger partial charge in [-0.15, -0.1) is 0 Å². The Morgan fingerprint density at radius 3 is 2.33 bits per heavy atom. The molecule has 4 heteroatoms. The van der Waals surface area contributed by atoms with Gasteiger partial charge in [-0.1, -0.05) is 20.4 Å². The Morgan fingerprint density at radius 1 is 1.50 bits per heavy atom. The Kier molecular flexibility index (Phi) is 19.0. The number of carbonyl (C=O) groups is 1. The van der Waals surface area contributed by atoms with E-state index in [2.05, 4.69) is 14.0 Å². The van der Waals surface area contributed by atoms with Crippen molar-refractivity contribution in [1.29, 1.82) is 0 Å². The van der Waals surface area contributed by atoms with Crippen molar-refractivity contribution in [2.75, 3.05) is 6.54 Å². The van der Waals surface area contributed by atoms with E-state index in [4.69, 9.17) is 0 Å². The molecule has 0 heterocycles. The number of hydrogen-bond donors (Lipinski definition) is 0. The van der Waals surface area contributed by atoms with Gasteiger partial charge in [0.25, 0.3) is 0 Å². The minimum Gasteiger partial charge on any atom is -0.588 e. The summed E-state index contributed by atoms with van der Waals surface area (Å²) in [7, 11) is 3.67. The first-order chi connectivity index (χ1) is 4.70. The molecular formula is C8H15NOUV-2. The zero-order valence-corrected chi connectivity index (χ0v) is 13.3. The van der Waals surface area contributed by atoms with E-state index in [1.165, 1.54) is 0 Å². The van der Waals surface area contributed by atoms with Gasteiger partial charge in [-0.25, -0.2) is 0 Å². The maximum absolute atomic E-state index is 10.8. The molecule has 0 N–H and O–H groups in total. The standard InChI is InChI=1S/C8H15NO.U.V/c1-4-6-9(3)7-8(10)5-2;;/h7H,3-6H2,1-2H3;;/q-2;;. The van der Waals surface area contributed by atoms with E-state index < -0.39 is 0 Å². The van der Waals surface area contributed by atoms with Crippen LogP contribution in [0.5, 0.6) is 0 Å². The van der Waals surface area contributed by atoms with Gasteiger partial charge in [-0.3, -0.25) is 6.54 Å². The first-order valence-electron chi connectivity index (χ1n) is 3.65. The zero-order chi connectivity index (χ0) is 7.98. The molecule has 0 aliphatic rings. The Morgan fingerprint density at radius 2 is 2.00 bits per heavy atom. The summed E-state index contributed by atoms with van der Waals surface area (Å²) in [6.45, 7) is 6.32. The molecule has 0 unspecified atom stereocenters. The second-order valence-electron chi connectivity index (χ2n) is 2.26. The Hall–Kier alpha value is 1.14. The van der Waals surface area contributed by atoms with Crippen LogP contribution in [-0.2, 0) is 23.4 Å². The number of carbonyl (C=O) groups excluding carboxylic acids is 1. The fourth-order valence-corrected chi connectivity index (χ4v) is 0.647. The molecule has 0 fully saturated rings. The van der Waals surface area contributed by atoms with Crippen LogP contribution in [0, 0.1) is 44.7 Å². The molecule has 0 aliphatic carbocycles. The van der Waals surface area contributed by atoms with Crippen LogP contribution < -0.4 is 0 Å². The predicted molar refractivity (Wildman–Crippen MR) is 42.0 cm³/mol. The molecule has 69 valence electrons. The summed E-state index contributed by atoms with van der Waals surface area (Å²) < 4.78 is 0. The predicted octanol–water partition coefficient (Wildman–Crippen LogP) is 1.63. The Balaban J connectivity index is -0.000000405.